The SMILES string of the molecule is COCCN1CSC2=C1CCOC2. The first kappa shape index (κ1) is 9.37. The van der Waals surface area contributed by atoms with Crippen molar-refractivity contribution >= 4 is 11.8 Å². The average Bonchev–Trinajstić information content (AvgIpc) is 2.58. The van der Waals surface area contributed by atoms with Gasteiger partial charge in [0, 0.05) is 30.7 Å². The Balaban J connectivity index is 1.95. The van der Waals surface area contributed by atoms with Crippen LogP contribution in [0.5, 0.6) is 0 Å². The summed E-state index contributed by atoms with van der Waals surface area (Å²) in [6.07, 6.45) is 1.08. The zero-order valence-corrected chi connectivity index (χ0v) is 8.73. The fraction of sp³-hybridized carbons (Fsp3) is 0.778. The highest BCUT2D eigenvalue weighted by molar-refractivity contribution is 8.03. The Bertz CT molecular complexity index is 218. The maximum absolute atomic E-state index is 5.40. The maximum Gasteiger partial charge on any atom is 0.0793 e. The lowest BCUT2D eigenvalue weighted by molar-refractivity contribution is 0.133. The van der Waals surface area contributed by atoms with Crippen LogP contribution >= 0.6 is 11.8 Å². The lowest BCUT2D eigenvalue weighted by Gasteiger charge is -2.23. The van der Waals surface area contributed by atoms with Gasteiger partial charge in [0.2, 0.25) is 0 Å². The molecule has 13 heavy (non-hydrogen) atoms. The first-order valence-electron chi connectivity index (χ1n) is 4.58. The van der Waals surface area contributed by atoms with Crippen LogP contribution in [0.15, 0.2) is 10.6 Å². The monoisotopic (exact) mass is 201 g/mol. The molecule has 0 amide bonds. The molecule has 0 N–H and O–H groups in total. The van der Waals surface area contributed by atoms with Crippen molar-refractivity contribution in [3.05, 3.63) is 10.6 Å². The van der Waals surface area contributed by atoms with E-state index in [9.17, 15) is 0 Å². The van der Waals surface area contributed by atoms with Gasteiger partial charge in [-0.3, -0.25) is 0 Å². The van der Waals surface area contributed by atoms with Crippen LogP contribution in [0.4, 0.5) is 0 Å². The van der Waals surface area contributed by atoms with Crippen LogP contribution in [-0.2, 0) is 9.47 Å². The van der Waals surface area contributed by atoms with Gasteiger partial charge >= 0.3 is 0 Å². The molecule has 0 radical (unpaired) electrons. The first-order valence-corrected chi connectivity index (χ1v) is 5.57. The second-order valence-corrected chi connectivity index (χ2v) is 4.24. The summed E-state index contributed by atoms with van der Waals surface area (Å²) in [5, 5.41) is 0. The molecule has 3 nitrogen and oxygen atoms in total. The van der Waals surface area contributed by atoms with E-state index in [1.807, 2.05) is 11.8 Å². The van der Waals surface area contributed by atoms with Crippen LogP contribution in [0.3, 0.4) is 0 Å². The van der Waals surface area contributed by atoms with Gasteiger partial charge in [-0.2, -0.15) is 0 Å². The summed E-state index contributed by atoms with van der Waals surface area (Å²) in [4.78, 5) is 3.84. The Morgan fingerprint density at radius 2 is 2.54 bits per heavy atom. The summed E-state index contributed by atoms with van der Waals surface area (Å²) < 4.78 is 10.5. The van der Waals surface area contributed by atoms with Gasteiger partial charge in [-0.1, -0.05) is 0 Å². The molecular formula is C9H15NO2S. The molecule has 0 bridgehead atoms. The van der Waals surface area contributed by atoms with E-state index in [1.54, 1.807) is 7.11 Å². The Labute approximate surface area is 83.1 Å². The third kappa shape index (κ3) is 2.00. The minimum atomic E-state index is 0.818. The molecule has 2 aliphatic rings. The normalized spacial score (nSPS) is 22.4. The Kier molecular flexibility index (Phi) is 3.14. The summed E-state index contributed by atoms with van der Waals surface area (Å²) in [6.45, 7) is 3.53. The molecule has 4 heteroatoms. The van der Waals surface area contributed by atoms with E-state index in [-0.39, 0.29) is 0 Å². The molecule has 0 saturated heterocycles. The van der Waals surface area contributed by atoms with Crippen LogP contribution in [0.2, 0.25) is 0 Å². The zero-order chi connectivity index (χ0) is 9.10. The van der Waals surface area contributed by atoms with Crippen LogP contribution in [-0.4, -0.2) is 44.3 Å². The number of thioether (sulfide) groups is 1. The standard InChI is InChI=1S/C9H15NO2S/c1-11-5-3-10-7-13-9-6-12-4-2-8(9)10/h2-7H2,1H3. The molecule has 2 aliphatic heterocycles. The maximum atomic E-state index is 5.40. The molecule has 2 rings (SSSR count). The van der Waals surface area contributed by atoms with Crippen molar-refractivity contribution in [2.45, 2.75) is 6.42 Å². The molecular weight excluding hydrogens is 186 g/mol. The van der Waals surface area contributed by atoms with Crippen LogP contribution in [0.1, 0.15) is 6.42 Å². The van der Waals surface area contributed by atoms with Crippen molar-refractivity contribution in [1.82, 2.24) is 4.90 Å². The molecule has 0 aromatic carbocycles. The van der Waals surface area contributed by atoms with Gasteiger partial charge in [0.1, 0.15) is 0 Å². The average molecular weight is 201 g/mol. The molecule has 0 fully saturated rings. The number of hydrogen-bond donors (Lipinski definition) is 0. The molecule has 2 heterocycles. The van der Waals surface area contributed by atoms with Gasteiger partial charge in [-0.15, -0.1) is 11.8 Å². The second-order valence-electron chi connectivity index (χ2n) is 3.20. The zero-order valence-electron chi connectivity index (χ0n) is 7.91. The fourth-order valence-corrected chi connectivity index (χ4v) is 2.81. The molecule has 74 valence electrons. The molecule has 0 spiro atoms. The highest BCUT2D eigenvalue weighted by Gasteiger charge is 2.24. The van der Waals surface area contributed by atoms with Crippen molar-refractivity contribution in [2.75, 3.05) is 39.4 Å². The van der Waals surface area contributed by atoms with E-state index in [1.165, 1.54) is 10.6 Å². The highest BCUT2D eigenvalue weighted by Crippen LogP contribution is 2.35. The van der Waals surface area contributed by atoms with Crippen LogP contribution < -0.4 is 0 Å². The van der Waals surface area contributed by atoms with Gasteiger partial charge in [0.15, 0.2) is 0 Å². The van der Waals surface area contributed by atoms with E-state index >= 15 is 0 Å². The molecule has 0 aromatic heterocycles. The summed E-state index contributed by atoms with van der Waals surface area (Å²) >= 11 is 1.91. The lowest BCUT2D eigenvalue weighted by atomic mass is 10.2. The quantitative estimate of drug-likeness (QED) is 0.685. The van der Waals surface area contributed by atoms with E-state index < -0.39 is 0 Å². The fourth-order valence-electron chi connectivity index (χ4n) is 1.65. The summed E-state index contributed by atoms with van der Waals surface area (Å²) in [6, 6.07) is 0. The Hall–Kier alpha value is -0.190. The Morgan fingerprint density at radius 3 is 3.38 bits per heavy atom. The summed E-state index contributed by atoms with van der Waals surface area (Å²) in [7, 11) is 1.75. The molecule has 0 aliphatic carbocycles. The van der Waals surface area contributed by atoms with E-state index in [4.69, 9.17) is 9.47 Å². The molecule has 0 unspecified atom stereocenters. The number of nitrogens with zero attached hydrogens (tertiary/aromatic N) is 1. The van der Waals surface area contributed by atoms with Crippen molar-refractivity contribution < 1.29 is 9.47 Å². The van der Waals surface area contributed by atoms with Crippen molar-refractivity contribution in [1.29, 1.82) is 0 Å². The largest absolute Gasteiger partial charge is 0.383 e. The van der Waals surface area contributed by atoms with Crippen LogP contribution in [0, 0.1) is 0 Å². The second kappa shape index (κ2) is 4.35. The predicted octanol–water partition coefficient (Wildman–Crippen LogP) is 1.27. The van der Waals surface area contributed by atoms with E-state index in [0.29, 0.717) is 0 Å². The minimum absolute atomic E-state index is 0.818. The third-order valence-electron chi connectivity index (χ3n) is 2.38. The van der Waals surface area contributed by atoms with Gasteiger partial charge in [0.25, 0.3) is 0 Å². The minimum Gasteiger partial charge on any atom is -0.383 e. The van der Waals surface area contributed by atoms with Crippen LogP contribution in [0.25, 0.3) is 0 Å². The van der Waals surface area contributed by atoms with Gasteiger partial charge in [-0.05, 0) is 0 Å². The number of ether oxygens (including phenoxy) is 2. The number of methoxy groups -OCH3 is 1. The van der Waals surface area contributed by atoms with Crippen molar-refractivity contribution in [3.63, 3.8) is 0 Å². The molecule has 0 saturated carbocycles. The van der Waals surface area contributed by atoms with Gasteiger partial charge in [0.05, 0.1) is 25.7 Å². The summed E-state index contributed by atoms with van der Waals surface area (Å²) in [5.41, 5.74) is 1.49. The number of rotatable bonds is 3. The van der Waals surface area contributed by atoms with Crippen molar-refractivity contribution in [2.24, 2.45) is 0 Å². The molecule has 0 atom stereocenters. The van der Waals surface area contributed by atoms with Gasteiger partial charge in [-0.25, -0.2) is 0 Å². The smallest absolute Gasteiger partial charge is 0.0793 e. The van der Waals surface area contributed by atoms with E-state index in [2.05, 4.69) is 4.90 Å². The van der Waals surface area contributed by atoms with Crippen molar-refractivity contribution in [3.8, 4) is 0 Å². The van der Waals surface area contributed by atoms with E-state index in [0.717, 1.165) is 38.7 Å². The molecule has 0 aromatic rings. The lowest BCUT2D eigenvalue weighted by Crippen LogP contribution is -2.25. The van der Waals surface area contributed by atoms with Gasteiger partial charge < -0.3 is 14.4 Å². The predicted molar refractivity (Wildman–Crippen MR) is 53.5 cm³/mol. The summed E-state index contributed by atoms with van der Waals surface area (Å²) in [5.74, 6) is 1.08. The first-order chi connectivity index (χ1) is 6.42. The Morgan fingerprint density at radius 1 is 1.62 bits per heavy atom. The number of hydrogen-bond acceptors (Lipinski definition) is 4. The topological polar surface area (TPSA) is 21.7 Å². The third-order valence-corrected chi connectivity index (χ3v) is 3.52. The highest BCUT2D eigenvalue weighted by atomic mass is 32.2.